The van der Waals surface area contributed by atoms with E-state index in [0.717, 1.165) is 50.9 Å². The van der Waals surface area contributed by atoms with Crippen molar-refractivity contribution in [2.24, 2.45) is 5.92 Å². The van der Waals surface area contributed by atoms with Gasteiger partial charge in [0.2, 0.25) is 5.91 Å². The van der Waals surface area contributed by atoms with Crippen LogP contribution < -0.4 is 0 Å². The minimum atomic E-state index is -0.411. The van der Waals surface area contributed by atoms with Crippen molar-refractivity contribution in [3.63, 3.8) is 0 Å². The van der Waals surface area contributed by atoms with Crippen LogP contribution in [0.2, 0.25) is 0 Å². The topological polar surface area (TPSA) is 38.8 Å². The molecular formula is C21H29NO3. The predicted octanol–water partition coefficient (Wildman–Crippen LogP) is 3.18. The van der Waals surface area contributed by atoms with Crippen molar-refractivity contribution >= 4 is 5.91 Å². The number of amides is 1. The molecule has 1 aromatic rings. The number of carbonyl (C=O) groups is 1. The van der Waals surface area contributed by atoms with Crippen molar-refractivity contribution in [1.29, 1.82) is 0 Å². The Bertz CT molecular complexity index is 558. The van der Waals surface area contributed by atoms with Gasteiger partial charge in [0.1, 0.15) is 0 Å². The van der Waals surface area contributed by atoms with E-state index in [9.17, 15) is 4.79 Å². The molecule has 0 unspecified atom stereocenters. The van der Waals surface area contributed by atoms with Gasteiger partial charge in [-0.1, -0.05) is 36.4 Å². The third-order valence-electron chi connectivity index (χ3n) is 5.57. The number of nitrogens with zero attached hydrogens (tertiary/aromatic N) is 1. The maximum atomic E-state index is 13.5. The number of hydrogen-bond donors (Lipinski definition) is 0. The molecular weight excluding hydrogens is 314 g/mol. The summed E-state index contributed by atoms with van der Waals surface area (Å²) in [5.41, 5.74) is 0.728. The van der Waals surface area contributed by atoms with Crippen LogP contribution in [0.4, 0.5) is 0 Å². The lowest BCUT2D eigenvalue weighted by atomic mass is 9.72. The lowest BCUT2D eigenvalue weighted by molar-refractivity contribution is -0.143. The molecule has 0 aliphatic carbocycles. The van der Waals surface area contributed by atoms with Crippen LogP contribution in [0.1, 0.15) is 31.2 Å². The van der Waals surface area contributed by atoms with E-state index < -0.39 is 5.41 Å². The van der Waals surface area contributed by atoms with Crippen molar-refractivity contribution in [1.82, 2.24) is 4.90 Å². The van der Waals surface area contributed by atoms with Crippen LogP contribution in [-0.4, -0.2) is 50.3 Å². The smallest absolute Gasteiger partial charge is 0.233 e. The average Bonchev–Trinajstić information content (AvgIpc) is 2.69. The summed E-state index contributed by atoms with van der Waals surface area (Å²) in [6.45, 7) is 8.03. The first kappa shape index (κ1) is 18.2. The van der Waals surface area contributed by atoms with Crippen LogP contribution in [0.3, 0.4) is 0 Å². The summed E-state index contributed by atoms with van der Waals surface area (Å²) in [5, 5.41) is 0. The number of likely N-dealkylation sites (tertiary alicyclic amines) is 1. The summed E-state index contributed by atoms with van der Waals surface area (Å²) in [6.07, 6.45) is 5.37. The molecule has 1 aromatic carbocycles. The fourth-order valence-electron chi connectivity index (χ4n) is 4.03. The summed E-state index contributed by atoms with van der Waals surface area (Å²) in [4.78, 5) is 15.5. The Labute approximate surface area is 150 Å². The molecule has 2 aliphatic heterocycles. The van der Waals surface area contributed by atoms with Gasteiger partial charge in [0, 0.05) is 32.9 Å². The van der Waals surface area contributed by atoms with E-state index in [0.29, 0.717) is 25.7 Å². The maximum Gasteiger partial charge on any atom is 0.233 e. The van der Waals surface area contributed by atoms with Crippen LogP contribution in [0.5, 0.6) is 0 Å². The lowest BCUT2D eigenvalue weighted by Crippen LogP contribution is -2.52. The molecule has 2 saturated heterocycles. The lowest BCUT2D eigenvalue weighted by Gasteiger charge is -2.42. The third kappa shape index (κ3) is 4.13. The fourth-order valence-corrected chi connectivity index (χ4v) is 4.03. The van der Waals surface area contributed by atoms with Crippen LogP contribution in [-0.2, 0) is 19.7 Å². The molecule has 4 nitrogen and oxygen atoms in total. The van der Waals surface area contributed by atoms with Crippen LogP contribution in [0.25, 0.3) is 0 Å². The monoisotopic (exact) mass is 343 g/mol. The van der Waals surface area contributed by atoms with Gasteiger partial charge >= 0.3 is 0 Å². The number of benzene rings is 1. The van der Waals surface area contributed by atoms with Crippen molar-refractivity contribution in [3.8, 4) is 0 Å². The summed E-state index contributed by atoms with van der Waals surface area (Å²) < 4.78 is 11.1. The summed E-state index contributed by atoms with van der Waals surface area (Å²) >= 11 is 0. The van der Waals surface area contributed by atoms with Crippen LogP contribution >= 0.6 is 0 Å². The fraction of sp³-hybridized carbons (Fsp3) is 0.571. The third-order valence-corrected chi connectivity index (χ3v) is 5.57. The van der Waals surface area contributed by atoms with Gasteiger partial charge in [0.15, 0.2) is 0 Å². The second-order valence-corrected chi connectivity index (χ2v) is 7.12. The molecule has 0 spiro atoms. The van der Waals surface area contributed by atoms with Gasteiger partial charge in [0.05, 0.1) is 12.0 Å². The molecule has 0 aromatic heterocycles. The van der Waals surface area contributed by atoms with E-state index >= 15 is 0 Å². The zero-order valence-electron chi connectivity index (χ0n) is 15.0. The summed E-state index contributed by atoms with van der Waals surface area (Å²) in [6, 6.07) is 10.3. The van der Waals surface area contributed by atoms with E-state index in [4.69, 9.17) is 9.47 Å². The highest BCUT2D eigenvalue weighted by atomic mass is 16.5. The standard InChI is InChI=1S/C21H29NO3/c1-2-14-25-17-18-8-12-22(13-9-18)20(23)21(10-15-24-16-11-21)19-6-4-3-5-7-19/h2-7,18H,1,8-17H2. The zero-order chi connectivity index (χ0) is 17.5. The zero-order valence-corrected chi connectivity index (χ0v) is 15.0. The number of carbonyl (C=O) groups excluding carboxylic acids is 1. The van der Waals surface area contributed by atoms with Gasteiger partial charge in [-0.2, -0.15) is 0 Å². The minimum Gasteiger partial charge on any atom is -0.381 e. The van der Waals surface area contributed by atoms with E-state index in [1.54, 1.807) is 6.08 Å². The minimum absolute atomic E-state index is 0.285. The normalized spacial score (nSPS) is 21.0. The molecule has 136 valence electrons. The van der Waals surface area contributed by atoms with E-state index in [1.165, 1.54) is 0 Å². The SMILES string of the molecule is C=CCOCC1CCN(C(=O)C2(c3ccccc3)CCOCC2)CC1. The van der Waals surface area contributed by atoms with Crippen molar-refractivity contribution in [3.05, 3.63) is 48.6 Å². The number of rotatable bonds is 6. The highest BCUT2D eigenvalue weighted by molar-refractivity contribution is 5.88. The highest BCUT2D eigenvalue weighted by Crippen LogP contribution is 2.37. The molecule has 0 N–H and O–H groups in total. The maximum absolute atomic E-state index is 13.5. The Hall–Kier alpha value is -1.65. The second kappa shape index (κ2) is 8.63. The van der Waals surface area contributed by atoms with Gasteiger partial charge in [0.25, 0.3) is 0 Å². The van der Waals surface area contributed by atoms with Gasteiger partial charge in [-0.3, -0.25) is 4.79 Å². The number of ether oxygens (including phenoxy) is 2. The predicted molar refractivity (Wildman–Crippen MR) is 98.5 cm³/mol. The summed E-state index contributed by atoms with van der Waals surface area (Å²) in [7, 11) is 0. The first-order chi connectivity index (χ1) is 12.3. The van der Waals surface area contributed by atoms with Gasteiger partial charge < -0.3 is 14.4 Å². The second-order valence-electron chi connectivity index (χ2n) is 7.12. The van der Waals surface area contributed by atoms with Crippen molar-refractivity contribution in [2.75, 3.05) is 39.5 Å². The Morgan fingerprint density at radius 3 is 2.56 bits per heavy atom. The van der Waals surface area contributed by atoms with Crippen molar-refractivity contribution < 1.29 is 14.3 Å². The Morgan fingerprint density at radius 2 is 1.92 bits per heavy atom. The van der Waals surface area contributed by atoms with E-state index in [2.05, 4.69) is 23.6 Å². The van der Waals surface area contributed by atoms with Crippen molar-refractivity contribution in [2.45, 2.75) is 31.1 Å². The first-order valence-corrected chi connectivity index (χ1v) is 9.37. The van der Waals surface area contributed by atoms with Crippen LogP contribution in [0.15, 0.2) is 43.0 Å². The Morgan fingerprint density at radius 1 is 1.24 bits per heavy atom. The van der Waals surface area contributed by atoms with Crippen LogP contribution in [0, 0.1) is 5.92 Å². The molecule has 2 fully saturated rings. The highest BCUT2D eigenvalue weighted by Gasteiger charge is 2.44. The van der Waals surface area contributed by atoms with Gasteiger partial charge in [-0.05, 0) is 37.2 Å². The van der Waals surface area contributed by atoms with Gasteiger partial charge in [-0.15, -0.1) is 6.58 Å². The van der Waals surface area contributed by atoms with E-state index in [1.807, 2.05) is 18.2 Å². The molecule has 0 atom stereocenters. The number of piperidine rings is 1. The summed E-state index contributed by atoms with van der Waals surface area (Å²) in [5.74, 6) is 0.832. The molecule has 2 aliphatic rings. The molecule has 4 heteroatoms. The van der Waals surface area contributed by atoms with E-state index in [-0.39, 0.29) is 5.91 Å². The Kier molecular flexibility index (Phi) is 6.27. The molecule has 25 heavy (non-hydrogen) atoms. The number of hydrogen-bond acceptors (Lipinski definition) is 3. The molecule has 0 radical (unpaired) electrons. The molecule has 1 amide bonds. The molecule has 0 saturated carbocycles. The molecule has 2 heterocycles. The molecule has 0 bridgehead atoms. The van der Waals surface area contributed by atoms with Gasteiger partial charge in [-0.25, -0.2) is 0 Å². The quantitative estimate of drug-likeness (QED) is 0.588. The first-order valence-electron chi connectivity index (χ1n) is 9.37. The molecule has 3 rings (SSSR count). The Balaban J connectivity index is 1.67. The average molecular weight is 343 g/mol. The largest absolute Gasteiger partial charge is 0.381 e.